The van der Waals surface area contributed by atoms with Crippen LogP contribution in [0.5, 0.6) is 0 Å². The Labute approximate surface area is 137 Å². The van der Waals surface area contributed by atoms with Gasteiger partial charge in [-0.3, -0.25) is 4.79 Å². The summed E-state index contributed by atoms with van der Waals surface area (Å²) in [4.78, 5) is 10.6. The van der Waals surface area contributed by atoms with E-state index in [0.29, 0.717) is 12.6 Å². The second kappa shape index (κ2) is 16.2. The maximum Gasteiger partial charge on any atom is 0.217 e. The highest BCUT2D eigenvalue weighted by Gasteiger charge is 2.43. The van der Waals surface area contributed by atoms with Gasteiger partial charge < -0.3 is 15.2 Å². The Bertz CT molecular complexity index is 274. The van der Waals surface area contributed by atoms with Gasteiger partial charge in [0, 0.05) is 13.0 Å². The number of nitrogens with one attached hydrogen (secondary N) is 1. The van der Waals surface area contributed by atoms with Crippen LogP contribution in [0, 0.1) is 0 Å². The van der Waals surface area contributed by atoms with Crippen molar-refractivity contribution in [2.24, 2.45) is 0 Å². The average Bonchev–Trinajstić information content (AvgIpc) is 3.23. The highest BCUT2D eigenvalue weighted by molar-refractivity contribution is 5.73. The number of rotatable bonds is 6. The molecule has 0 aromatic carbocycles. The SMILES string of the molecule is C=C.C=CCCCC(C)NC(C)=O.CC.CC(O)C1(C)CO1. The molecule has 0 bridgehead atoms. The number of ether oxygens (including phenoxy) is 1. The normalized spacial score (nSPS) is 20.3. The minimum absolute atomic E-state index is 0.0519. The number of amides is 1. The standard InChI is InChI=1S/C9H17NO.C5H10O2.C2H6.C2H4/c1-4-5-6-7-8(2)10-9(3)11;1-4(6)5(2)3-7-5;2*1-2/h4,8H,1,5-7H2,2-3H3,(H,10,11);4,6H,3H2,1-2H3;1-2H3;1-2H2. The third-order valence-electron chi connectivity index (χ3n) is 2.98. The van der Waals surface area contributed by atoms with Gasteiger partial charge >= 0.3 is 0 Å². The quantitative estimate of drug-likeness (QED) is 0.444. The zero-order chi connectivity index (χ0) is 18.2. The number of carbonyl (C=O) groups excluding carboxylic acids is 1. The van der Waals surface area contributed by atoms with Gasteiger partial charge in [0.15, 0.2) is 0 Å². The molecule has 1 aliphatic heterocycles. The smallest absolute Gasteiger partial charge is 0.217 e. The molecule has 4 heteroatoms. The lowest BCUT2D eigenvalue weighted by molar-refractivity contribution is -0.119. The molecule has 1 aliphatic rings. The molecule has 22 heavy (non-hydrogen) atoms. The van der Waals surface area contributed by atoms with Crippen molar-refractivity contribution in [3.63, 3.8) is 0 Å². The van der Waals surface area contributed by atoms with E-state index in [2.05, 4.69) is 25.1 Å². The van der Waals surface area contributed by atoms with E-state index >= 15 is 0 Å². The van der Waals surface area contributed by atoms with Crippen molar-refractivity contribution >= 4 is 5.91 Å². The highest BCUT2D eigenvalue weighted by Crippen LogP contribution is 2.29. The maximum absolute atomic E-state index is 10.6. The number of aliphatic hydroxyl groups is 1. The van der Waals surface area contributed by atoms with Crippen molar-refractivity contribution in [2.75, 3.05) is 6.61 Å². The third-order valence-corrected chi connectivity index (χ3v) is 2.98. The van der Waals surface area contributed by atoms with E-state index in [1.165, 1.54) is 0 Å². The van der Waals surface area contributed by atoms with E-state index in [0.717, 1.165) is 19.3 Å². The summed E-state index contributed by atoms with van der Waals surface area (Å²) in [6, 6.07) is 0.299. The molecule has 0 aliphatic carbocycles. The van der Waals surface area contributed by atoms with Crippen molar-refractivity contribution in [1.82, 2.24) is 5.32 Å². The van der Waals surface area contributed by atoms with Crippen molar-refractivity contribution in [1.29, 1.82) is 0 Å². The van der Waals surface area contributed by atoms with Gasteiger partial charge in [0.25, 0.3) is 0 Å². The average molecular weight is 315 g/mol. The molecule has 132 valence electrons. The molecule has 0 spiro atoms. The molecule has 0 saturated carbocycles. The number of aliphatic hydroxyl groups excluding tert-OH is 1. The molecular formula is C18H37NO3. The van der Waals surface area contributed by atoms with Crippen molar-refractivity contribution in [2.45, 2.75) is 78.6 Å². The lowest BCUT2D eigenvalue weighted by Gasteiger charge is -2.10. The van der Waals surface area contributed by atoms with Gasteiger partial charge in [-0.25, -0.2) is 0 Å². The van der Waals surface area contributed by atoms with E-state index < -0.39 is 0 Å². The predicted octanol–water partition coefficient (Wildman–Crippen LogP) is 3.85. The van der Waals surface area contributed by atoms with Crippen LogP contribution in [0.2, 0.25) is 0 Å². The summed E-state index contributed by atoms with van der Waals surface area (Å²) in [6.45, 7) is 21.6. The van der Waals surface area contributed by atoms with Crippen LogP contribution in [0.4, 0.5) is 0 Å². The van der Waals surface area contributed by atoms with Crippen LogP contribution >= 0.6 is 0 Å². The Hall–Kier alpha value is -1.13. The van der Waals surface area contributed by atoms with Gasteiger partial charge in [-0.05, 0) is 40.0 Å². The lowest BCUT2D eigenvalue weighted by atomic mass is 10.1. The maximum atomic E-state index is 10.6. The summed E-state index contributed by atoms with van der Waals surface area (Å²) < 4.78 is 4.91. The van der Waals surface area contributed by atoms with E-state index in [-0.39, 0.29) is 17.6 Å². The molecular weight excluding hydrogens is 278 g/mol. The molecule has 4 nitrogen and oxygen atoms in total. The molecule has 0 radical (unpaired) electrons. The van der Waals surface area contributed by atoms with E-state index in [4.69, 9.17) is 9.84 Å². The molecule has 1 amide bonds. The first-order valence-corrected chi connectivity index (χ1v) is 8.02. The predicted molar refractivity (Wildman–Crippen MR) is 96.0 cm³/mol. The number of hydrogen-bond donors (Lipinski definition) is 2. The van der Waals surface area contributed by atoms with Crippen molar-refractivity contribution in [3.8, 4) is 0 Å². The van der Waals surface area contributed by atoms with Crippen LogP contribution in [-0.4, -0.2) is 35.4 Å². The van der Waals surface area contributed by atoms with Crippen molar-refractivity contribution < 1.29 is 14.6 Å². The Morgan fingerprint density at radius 2 is 1.86 bits per heavy atom. The van der Waals surface area contributed by atoms with Gasteiger partial charge in [0.2, 0.25) is 5.91 Å². The number of unbranched alkanes of at least 4 members (excludes halogenated alkanes) is 1. The molecule has 1 rings (SSSR count). The first-order chi connectivity index (χ1) is 10.3. The third kappa shape index (κ3) is 16.9. The second-order valence-electron chi connectivity index (χ2n) is 5.10. The number of carbonyl (C=O) groups is 1. The molecule has 3 atom stereocenters. The first-order valence-electron chi connectivity index (χ1n) is 8.02. The van der Waals surface area contributed by atoms with Crippen LogP contribution in [0.3, 0.4) is 0 Å². The summed E-state index contributed by atoms with van der Waals surface area (Å²) >= 11 is 0. The fraction of sp³-hybridized carbons (Fsp3) is 0.722. The van der Waals surface area contributed by atoms with E-state index in [9.17, 15) is 4.79 Å². The molecule has 0 aromatic rings. The summed E-state index contributed by atoms with van der Waals surface area (Å²) in [5, 5.41) is 11.7. The van der Waals surface area contributed by atoms with E-state index in [1.54, 1.807) is 13.8 Å². The minimum atomic E-state index is -0.313. The summed E-state index contributed by atoms with van der Waals surface area (Å²) in [5.74, 6) is 0.0519. The van der Waals surface area contributed by atoms with Crippen LogP contribution < -0.4 is 5.32 Å². The van der Waals surface area contributed by atoms with Gasteiger partial charge in [-0.1, -0.05) is 19.9 Å². The molecule has 1 heterocycles. The monoisotopic (exact) mass is 315 g/mol. The lowest BCUT2D eigenvalue weighted by Crippen LogP contribution is -2.30. The van der Waals surface area contributed by atoms with Crippen molar-refractivity contribution in [3.05, 3.63) is 25.8 Å². The zero-order valence-electron chi connectivity index (χ0n) is 15.4. The molecule has 3 unspecified atom stereocenters. The zero-order valence-corrected chi connectivity index (χ0v) is 15.4. The summed E-state index contributed by atoms with van der Waals surface area (Å²) in [5.41, 5.74) is -0.194. The first kappa shape index (κ1) is 25.8. The van der Waals surface area contributed by atoms with Gasteiger partial charge in [0.05, 0.1) is 12.7 Å². The molecule has 2 N–H and O–H groups in total. The largest absolute Gasteiger partial charge is 0.390 e. The number of epoxide rings is 1. The van der Waals surface area contributed by atoms with Crippen LogP contribution in [-0.2, 0) is 9.53 Å². The fourth-order valence-electron chi connectivity index (χ4n) is 1.34. The van der Waals surface area contributed by atoms with E-state index in [1.807, 2.05) is 33.8 Å². The Morgan fingerprint density at radius 1 is 1.41 bits per heavy atom. The van der Waals surface area contributed by atoms with Crippen LogP contribution in [0.1, 0.15) is 60.8 Å². The fourth-order valence-corrected chi connectivity index (χ4v) is 1.34. The molecule has 1 saturated heterocycles. The van der Waals surface area contributed by atoms with Gasteiger partial charge in [-0.15, -0.1) is 19.7 Å². The molecule has 0 aromatic heterocycles. The summed E-state index contributed by atoms with van der Waals surface area (Å²) in [6.07, 6.45) is 4.76. The van der Waals surface area contributed by atoms with Gasteiger partial charge in [-0.2, -0.15) is 0 Å². The van der Waals surface area contributed by atoms with Crippen LogP contribution in [0.25, 0.3) is 0 Å². The second-order valence-corrected chi connectivity index (χ2v) is 5.10. The minimum Gasteiger partial charge on any atom is -0.390 e. The van der Waals surface area contributed by atoms with Crippen LogP contribution in [0.15, 0.2) is 25.8 Å². The Balaban J connectivity index is -0.000000280. The topological polar surface area (TPSA) is 61.9 Å². The van der Waals surface area contributed by atoms with Gasteiger partial charge in [0.1, 0.15) is 5.60 Å². The Morgan fingerprint density at radius 3 is 2.09 bits per heavy atom. The highest BCUT2D eigenvalue weighted by atomic mass is 16.6. The summed E-state index contributed by atoms with van der Waals surface area (Å²) in [7, 11) is 0. The number of allylic oxidation sites excluding steroid dienone is 1. The molecule has 1 fully saturated rings. The number of hydrogen-bond acceptors (Lipinski definition) is 3. The Kier molecular flexibility index (Phi) is 19.1.